The van der Waals surface area contributed by atoms with Crippen molar-refractivity contribution in [3.05, 3.63) is 87.7 Å². The van der Waals surface area contributed by atoms with Gasteiger partial charge in [0.05, 0.1) is 11.9 Å². The van der Waals surface area contributed by atoms with E-state index in [1.807, 2.05) is 54.9 Å². The van der Waals surface area contributed by atoms with E-state index in [-0.39, 0.29) is 5.78 Å². The van der Waals surface area contributed by atoms with Crippen molar-refractivity contribution in [2.75, 3.05) is 11.0 Å². The lowest BCUT2D eigenvalue weighted by atomic mass is 10.1. The summed E-state index contributed by atoms with van der Waals surface area (Å²) in [6, 6.07) is 16.2. The molecule has 0 atom stereocenters. The molecule has 0 saturated carbocycles. The van der Waals surface area contributed by atoms with E-state index in [0.29, 0.717) is 28.4 Å². The Kier molecular flexibility index (Phi) is 5.63. The summed E-state index contributed by atoms with van der Waals surface area (Å²) in [6.45, 7) is 1.98. The van der Waals surface area contributed by atoms with Crippen LogP contribution in [0.2, 0.25) is 5.02 Å². The number of nitrogens with one attached hydrogen (secondary N) is 1. The van der Waals surface area contributed by atoms with Gasteiger partial charge in [0.15, 0.2) is 0 Å². The van der Waals surface area contributed by atoms with Crippen LogP contribution in [-0.2, 0) is 23.5 Å². The molecule has 5 nitrogen and oxygen atoms in total. The summed E-state index contributed by atoms with van der Waals surface area (Å²) in [5, 5.41) is 0.460. The number of benzene rings is 2. The van der Waals surface area contributed by atoms with Gasteiger partial charge in [-0.1, -0.05) is 47.5 Å². The largest absolute Gasteiger partial charge is 0.345 e. The van der Waals surface area contributed by atoms with E-state index < -0.39 is 10.0 Å². The van der Waals surface area contributed by atoms with Gasteiger partial charge in [0.25, 0.3) is 0 Å². The van der Waals surface area contributed by atoms with E-state index in [1.54, 1.807) is 18.2 Å². The first kappa shape index (κ1) is 20.2. The van der Waals surface area contributed by atoms with Gasteiger partial charge in [-0.3, -0.25) is 9.52 Å². The Hall–Kier alpha value is -2.57. The Morgan fingerprint density at radius 1 is 1.07 bits per heavy atom. The van der Waals surface area contributed by atoms with E-state index in [9.17, 15) is 13.2 Å². The van der Waals surface area contributed by atoms with Crippen LogP contribution >= 0.6 is 11.6 Å². The van der Waals surface area contributed by atoms with E-state index in [0.717, 1.165) is 23.1 Å². The number of ketones is 1. The SMILES string of the molecule is Cc1ccc(C(=O)c2ccc(Cc3ccc(NS(C)(=O)=O)cc3Cl)n2C)cc1. The Balaban J connectivity index is 1.83. The minimum Gasteiger partial charge on any atom is -0.345 e. The third-order valence-corrected chi connectivity index (χ3v) is 5.46. The molecule has 1 N–H and O–H groups in total. The van der Waals surface area contributed by atoms with Gasteiger partial charge in [0.1, 0.15) is 0 Å². The van der Waals surface area contributed by atoms with Crippen molar-refractivity contribution in [3.8, 4) is 0 Å². The summed E-state index contributed by atoms with van der Waals surface area (Å²) < 4.78 is 27.0. The molecule has 7 heteroatoms. The Bertz CT molecular complexity index is 1130. The second-order valence-electron chi connectivity index (χ2n) is 6.82. The maximum absolute atomic E-state index is 12.8. The Labute approximate surface area is 170 Å². The second kappa shape index (κ2) is 7.81. The highest BCUT2D eigenvalue weighted by molar-refractivity contribution is 7.92. The number of hydrogen-bond acceptors (Lipinski definition) is 3. The molecular formula is C21H21ClN2O3S. The Morgan fingerprint density at radius 3 is 2.36 bits per heavy atom. The van der Waals surface area contributed by atoms with E-state index in [4.69, 9.17) is 11.6 Å². The molecule has 1 aromatic heterocycles. The highest BCUT2D eigenvalue weighted by atomic mass is 35.5. The molecule has 0 amide bonds. The van der Waals surface area contributed by atoms with Crippen molar-refractivity contribution in [1.29, 1.82) is 0 Å². The number of aryl methyl sites for hydroxylation is 1. The molecule has 0 aliphatic carbocycles. The van der Waals surface area contributed by atoms with E-state index >= 15 is 0 Å². The first-order valence-electron chi connectivity index (χ1n) is 8.66. The number of hydrogen-bond donors (Lipinski definition) is 1. The number of aromatic nitrogens is 1. The first-order chi connectivity index (χ1) is 13.1. The lowest BCUT2D eigenvalue weighted by Gasteiger charge is -2.10. The number of rotatable bonds is 6. The fourth-order valence-electron chi connectivity index (χ4n) is 2.98. The average Bonchev–Trinajstić information content (AvgIpc) is 2.96. The number of anilines is 1. The van der Waals surface area contributed by atoms with Gasteiger partial charge in [0.2, 0.25) is 15.8 Å². The molecule has 0 fully saturated rings. The molecule has 3 aromatic rings. The lowest BCUT2D eigenvalue weighted by molar-refractivity contribution is 0.103. The molecule has 28 heavy (non-hydrogen) atoms. The molecular weight excluding hydrogens is 396 g/mol. The van der Waals surface area contributed by atoms with Gasteiger partial charge in [-0.15, -0.1) is 0 Å². The average molecular weight is 417 g/mol. The molecule has 0 aliphatic rings. The highest BCUT2D eigenvalue weighted by Gasteiger charge is 2.16. The topological polar surface area (TPSA) is 68.2 Å². The lowest BCUT2D eigenvalue weighted by Crippen LogP contribution is -2.10. The predicted molar refractivity (Wildman–Crippen MR) is 113 cm³/mol. The predicted octanol–water partition coefficient (Wildman–Crippen LogP) is 4.18. The first-order valence-corrected chi connectivity index (χ1v) is 10.9. The maximum atomic E-state index is 12.8. The van der Waals surface area contributed by atoms with Crippen LogP contribution in [0.4, 0.5) is 5.69 Å². The van der Waals surface area contributed by atoms with Crippen LogP contribution in [0.1, 0.15) is 32.9 Å². The zero-order valence-electron chi connectivity index (χ0n) is 15.9. The monoisotopic (exact) mass is 416 g/mol. The summed E-state index contributed by atoms with van der Waals surface area (Å²) >= 11 is 6.33. The minimum absolute atomic E-state index is 0.0347. The van der Waals surface area contributed by atoms with Gasteiger partial charge in [-0.2, -0.15) is 0 Å². The summed E-state index contributed by atoms with van der Waals surface area (Å²) in [4.78, 5) is 12.8. The quantitative estimate of drug-likeness (QED) is 0.613. The fraction of sp³-hybridized carbons (Fsp3) is 0.190. The van der Waals surface area contributed by atoms with Crippen LogP contribution in [0.15, 0.2) is 54.6 Å². The number of nitrogens with zero attached hydrogens (tertiary/aromatic N) is 1. The highest BCUT2D eigenvalue weighted by Crippen LogP contribution is 2.25. The standard InChI is InChI=1S/C21H21ClN2O3S/c1-14-4-6-15(7-5-14)21(25)20-11-10-18(24(20)2)12-16-8-9-17(13-19(16)22)23-28(3,26)27/h4-11,13,23H,12H2,1-3H3. The van der Waals surface area contributed by atoms with Gasteiger partial charge in [-0.05, 0) is 36.8 Å². The summed E-state index contributed by atoms with van der Waals surface area (Å²) in [5.41, 5.74) is 4.54. The van der Waals surface area contributed by atoms with Crippen LogP contribution < -0.4 is 4.72 Å². The molecule has 0 saturated heterocycles. The third-order valence-electron chi connectivity index (χ3n) is 4.50. The molecule has 146 valence electrons. The summed E-state index contributed by atoms with van der Waals surface area (Å²) in [7, 11) is -1.51. The third kappa shape index (κ3) is 4.64. The van der Waals surface area contributed by atoms with Crippen molar-refractivity contribution in [2.24, 2.45) is 7.05 Å². The molecule has 0 radical (unpaired) electrons. The van der Waals surface area contributed by atoms with E-state index in [1.165, 1.54) is 0 Å². The fourth-order valence-corrected chi connectivity index (χ4v) is 3.78. The van der Waals surface area contributed by atoms with Gasteiger partial charge < -0.3 is 4.57 Å². The summed E-state index contributed by atoms with van der Waals surface area (Å²) in [5.74, 6) is -0.0347. The van der Waals surface area contributed by atoms with Crippen LogP contribution in [0.25, 0.3) is 0 Å². The molecule has 3 rings (SSSR count). The van der Waals surface area contributed by atoms with Crippen LogP contribution in [-0.4, -0.2) is 25.0 Å². The number of carbonyl (C=O) groups is 1. The van der Waals surface area contributed by atoms with E-state index in [2.05, 4.69) is 4.72 Å². The van der Waals surface area contributed by atoms with Gasteiger partial charge in [0, 0.05) is 35.4 Å². The maximum Gasteiger partial charge on any atom is 0.229 e. The smallest absolute Gasteiger partial charge is 0.229 e. The Morgan fingerprint density at radius 2 is 1.75 bits per heavy atom. The summed E-state index contributed by atoms with van der Waals surface area (Å²) in [6.07, 6.45) is 1.61. The number of halogens is 1. The van der Waals surface area contributed by atoms with Crippen LogP contribution in [0, 0.1) is 6.92 Å². The van der Waals surface area contributed by atoms with Crippen molar-refractivity contribution in [3.63, 3.8) is 0 Å². The normalized spacial score (nSPS) is 11.4. The molecule has 0 spiro atoms. The molecule has 2 aromatic carbocycles. The van der Waals surface area contributed by atoms with Crippen LogP contribution in [0.5, 0.6) is 0 Å². The van der Waals surface area contributed by atoms with Crippen molar-refractivity contribution in [2.45, 2.75) is 13.3 Å². The molecule has 0 unspecified atom stereocenters. The van der Waals surface area contributed by atoms with Gasteiger partial charge in [-0.25, -0.2) is 8.42 Å². The number of carbonyl (C=O) groups excluding carboxylic acids is 1. The zero-order chi connectivity index (χ0) is 20.5. The van der Waals surface area contributed by atoms with Crippen molar-refractivity contribution in [1.82, 2.24) is 4.57 Å². The second-order valence-corrected chi connectivity index (χ2v) is 8.98. The minimum atomic E-state index is -3.36. The zero-order valence-corrected chi connectivity index (χ0v) is 17.4. The molecule has 1 heterocycles. The van der Waals surface area contributed by atoms with Crippen molar-refractivity contribution >= 4 is 33.1 Å². The van der Waals surface area contributed by atoms with Gasteiger partial charge >= 0.3 is 0 Å². The van der Waals surface area contributed by atoms with Crippen LogP contribution in [0.3, 0.4) is 0 Å². The molecule has 0 aliphatic heterocycles. The van der Waals surface area contributed by atoms with Crippen molar-refractivity contribution < 1.29 is 13.2 Å². The molecule has 0 bridgehead atoms. The number of sulfonamides is 1.